The van der Waals surface area contributed by atoms with Crippen molar-refractivity contribution in [1.82, 2.24) is 5.32 Å². The molecule has 0 radical (unpaired) electrons. The summed E-state index contributed by atoms with van der Waals surface area (Å²) in [6.07, 6.45) is -1.79. The summed E-state index contributed by atoms with van der Waals surface area (Å²) in [6.45, 7) is 1.58. The van der Waals surface area contributed by atoms with Crippen molar-refractivity contribution in [2.75, 3.05) is 5.32 Å². The van der Waals surface area contributed by atoms with Crippen molar-refractivity contribution in [1.29, 1.82) is 0 Å². The molecule has 5 nitrogen and oxygen atoms in total. The lowest BCUT2D eigenvalue weighted by atomic mass is 10.2. The number of hydrogen-bond donors (Lipinski definition) is 2. The molecule has 27 heavy (non-hydrogen) atoms. The highest BCUT2D eigenvalue weighted by atomic mass is 19.4. The van der Waals surface area contributed by atoms with E-state index >= 15 is 0 Å². The fourth-order valence-corrected chi connectivity index (χ4v) is 2.11. The molecule has 0 spiro atoms. The second-order valence-corrected chi connectivity index (χ2v) is 5.55. The van der Waals surface area contributed by atoms with Crippen LogP contribution >= 0.6 is 0 Å². The molecule has 2 aromatic rings. The Hall–Kier alpha value is -3.29. The maximum Gasteiger partial charge on any atom is 0.573 e. The van der Waals surface area contributed by atoms with Gasteiger partial charge < -0.3 is 15.4 Å². The molecule has 2 amide bonds. The summed E-state index contributed by atoms with van der Waals surface area (Å²) in [6, 6.07) is 12.1. The maximum absolute atomic E-state index is 12.1. The molecule has 2 N–H and O–H groups in total. The molecule has 0 bridgehead atoms. The first-order valence-electron chi connectivity index (χ1n) is 7.89. The highest BCUT2D eigenvalue weighted by Crippen LogP contribution is 2.22. The van der Waals surface area contributed by atoms with Gasteiger partial charge in [-0.1, -0.05) is 24.3 Å². The first-order valence-corrected chi connectivity index (χ1v) is 7.89. The highest BCUT2D eigenvalue weighted by Gasteiger charge is 2.30. The molecule has 0 unspecified atom stereocenters. The van der Waals surface area contributed by atoms with Gasteiger partial charge in [0.15, 0.2) is 0 Å². The van der Waals surface area contributed by atoms with Crippen LogP contribution in [-0.4, -0.2) is 18.2 Å². The molecular weight excluding hydrogens is 361 g/mol. The minimum Gasteiger partial charge on any atom is -0.406 e. The van der Waals surface area contributed by atoms with Gasteiger partial charge >= 0.3 is 6.36 Å². The standard InChI is InChI=1S/C19H17F3N2O3/c1-13(25)24-16-7-2-14(3-8-16)6-11-18(26)23-12-15-4-9-17(10-5-15)27-19(20,21)22/h2-11H,12H2,1H3,(H,23,26)(H,24,25)/b11-6+. The van der Waals surface area contributed by atoms with E-state index in [-0.39, 0.29) is 24.1 Å². The van der Waals surface area contributed by atoms with Crippen LogP contribution in [0.3, 0.4) is 0 Å². The minimum absolute atomic E-state index is 0.164. The van der Waals surface area contributed by atoms with Gasteiger partial charge in [-0.15, -0.1) is 13.2 Å². The van der Waals surface area contributed by atoms with E-state index in [1.807, 2.05) is 0 Å². The predicted molar refractivity (Wildman–Crippen MR) is 94.8 cm³/mol. The lowest BCUT2D eigenvalue weighted by molar-refractivity contribution is -0.274. The molecule has 2 rings (SSSR count). The van der Waals surface area contributed by atoms with E-state index in [0.717, 1.165) is 5.56 Å². The fourth-order valence-electron chi connectivity index (χ4n) is 2.11. The molecule has 0 aliphatic carbocycles. The van der Waals surface area contributed by atoms with Crippen LogP contribution < -0.4 is 15.4 Å². The molecule has 0 aliphatic rings. The third-order valence-electron chi connectivity index (χ3n) is 3.28. The smallest absolute Gasteiger partial charge is 0.406 e. The Morgan fingerprint density at radius 2 is 1.67 bits per heavy atom. The molecular formula is C19H17F3N2O3. The Labute approximate surface area is 153 Å². The van der Waals surface area contributed by atoms with Crippen LogP contribution in [0.25, 0.3) is 6.08 Å². The molecule has 0 atom stereocenters. The maximum atomic E-state index is 12.1. The lowest BCUT2D eigenvalue weighted by Crippen LogP contribution is -2.20. The molecule has 8 heteroatoms. The van der Waals surface area contributed by atoms with E-state index < -0.39 is 6.36 Å². The SMILES string of the molecule is CC(=O)Nc1ccc(/C=C/C(=O)NCc2ccc(OC(F)(F)F)cc2)cc1. The molecule has 0 saturated heterocycles. The zero-order valence-electron chi connectivity index (χ0n) is 14.3. The molecule has 0 aromatic heterocycles. The van der Waals surface area contributed by atoms with Crippen molar-refractivity contribution in [3.05, 3.63) is 65.7 Å². The van der Waals surface area contributed by atoms with Crippen LogP contribution in [0.5, 0.6) is 5.75 Å². The summed E-state index contributed by atoms with van der Waals surface area (Å²) in [7, 11) is 0. The number of ether oxygens (including phenoxy) is 1. The molecule has 2 aromatic carbocycles. The molecule has 0 heterocycles. The number of nitrogens with one attached hydrogen (secondary N) is 2. The van der Waals surface area contributed by atoms with Gasteiger partial charge in [0.05, 0.1) is 0 Å². The number of alkyl halides is 3. The van der Waals surface area contributed by atoms with E-state index in [4.69, 9.17) is 0 Å². The van der Waals surface area contributed by atoms with E-state index in [2.05, 4.69) is 15.4 Å². The van der Waals surface area contributed by atoms with E-state index in [1.165, 1.54) is 37.3 Å². The van der Waals surface area contributed by atoms with Crippen LogP contribution in [0.1, 0.15) is 18.1 Å². The largest absolute Gasteiger partial charge is 0.573 e. The van der Waals surface area contributed by atoms with E-state index in [9.17, 15) is 22.8 Å². The first-order chi connectivity index (χ1) is 12.7. The Morgan fingerprint density at radius 3 is 2.22 bits per heavy atom. The van der Waals surface area contributed by atoms with Crippen molar-refractivity contribution in [2.45, 2.75) is 19.8 Å². The normalized spacial score (nSPS) is 11.3. The number of carbonyl (C=O) groups excluding carboxylic acids is 2. The second-order valence-electron chi connectivity index (χ2n) is 5.55. The van der Waals surface area contributed by atoms with Crippen molar-refractivity contribution in [2.24, 2.45) is 0 Å². The number of rotatable bonds is 6. The van der Waals surface area contributed by atoms with Gasteiger partial charge in [0, 0.05) is 25.2 Å². The predicted octanol–water partition coefficient (Wildman–Crippen LogP) is 3.87. The summed E-state index contributed by atoms with van der Waals surface area (Å²) in [5.41, 5.74) is 2.06. The Bertz CT molecular complexity index is 814. The summed E-state index contributed by atoms with van der Waals surface area (Å²) >= 11 is 0. The quantitative estimate of drug-likeness (QED) is 0.750. The molecule has 142 valence electrons. The zero-order chi connectivity index (χ0) is 19.9. The monoisotopic (exact) mass is 378 g/mol. The van der Waals surface area contributed by atoms with Crippen molar-refractivity contribution in [3.8, 4) is 5.75 Å². The average Bonchev–Trinajstić information content (AvgIpc) is 2.59. The van der Waals surface area contributed by atoms with E-state index in [0.29, 0.717) is 11.3 Å². The summed E-state index contributed by atoms with van der Waals surface area (Å²) < 4.78 is 40.1. The number of benzene rings is 2. The average molecular weight is 378 g/mol. The fraction of sp³-hybridized carbons (Fsp3) is 0.158. The highest BCUT2D eigenvalue weighted by molar-refractivity contribution is 5.92. The van der Waals surface area contributed by atoms with Gasteiger partial charge in [-0.2, -0.15) is 0 Å². The molecule has 0 fully saturated rings. The third-order valence-corrected chi connectivity index (χ3v) is 3.28. The number of halogens is 3. The Morgan fingerprint density at radius 1 is 1.04 bits per heavy atom. The minimum atomic E-state index is -4.74. The van der Waals surface area contributed by atoms with Crippen LogP contribution in [0.2, 0.25) is 0 Å². The third kappa shape index (κ3) is 7.64. The number of carbonyl (C=O) groups is 2. The lowest BCUT2D eigenvalue weighted by Gasteiger charge is -2.09. The number of anilines is 1. The van der Waals surface area contributed by atoms with E-state index in [1.54, 1.807) is 30.3 Å². The van der Waals surface area contributed by atoms with Gasteiger partial charge in [-0.3, -0.25) is 9.59 Å². The zero-order valence-corrected chi connectivity index (χ0v) is 14.3. The summed E-state index contributed by atoms with van der Waals surface area (Å²) in [5, 5.41) is 5.27. The van der Waals surface area contributed by atoms with Gasteiger partial charge in [0.2, 0.25) is 11.8 Å². The van der Waals surface area contributed by atoms with Crippen LogP contribution in [-0.2, 0) is 16.1 Å². The van der Waals surface area contributed by atoms with Crippen LogP contribution in [0, 0.1) is 0 Å². The molecule has 0 aliphatic heterocycles. The summed E-state index contributed by atoms with van der Waals surface area (Å²) in [4.78, 5) is 22.8. The summed E-state index contributed by atoms with van der Waals surface area (Å²) in [5.74, 6) is -0.840. The van der Waals surface area contributed by atoms with Gasteiger partial charge in [0.25, 0.3) is 0 Å². The molecule has 0 saturated carbocycles. The van der Waals surface area contributed by atoms with Crippen LogP contribution in [0.4, 0.5) is 18.9 Å². The van der Waals surface area contributed by atoms with Crippen molar-refractivity contribution < 1.29 is 27.5 Å². The second kappa shape index (κ2) is 8.88. The first kappa shape index (κ1) is 20.0. The van der Waals surface area contributed by atoms with Crippen molar-refractivity contribution in [3.63, 3.8) is 0 Å². The topological polar surface area (TPSA) is 67.4 Å². The van der Waals surface area contributed by atoms with Crippen molar-refractivity contribution >= 4 is 23.6 Å². The van der Waals surface area contributed by atoms with Gasteiger partial charge in [-0.25, -0.2) is 0 Å². The van der Waals surface area contributed by atoms with Gasteiger partial charge in [0.1, 0.15) is 5.75 Å². The van der Waals surface area contributed by atoms with Crippen LogP contribution in [0.15, 0.2) is 54.6 Å². The number of amides is 2. The Balaban J connectivity index is 1.83. The number of hydrogen-bond acceptors (Lipinski definition) is 3. The Kier molecular flexibility index (Phi) is 6.59. The van der Waals surface area contributed by atoms with Gasteiger partial charge in [-0.05, 0) is 41.5 Å².